The molecular formula is C12H13NO3. The van der Waals surface area contributed by atoms with Crippen LogP contribution < -0.4 is 0 Å². The van der Waals surface area contributed by atoms with Crippen LogP contribution in [0, 0.1) is 6.92 Å². The molecule has 4 heteroatoms. The van der Waals surface area contributed by atoms with E-state index in [0.29, 0.717) is 12.1 Å². The zero-order valence-electron chi connectivity index (χ0n) is 9.23. The van der Waals surface area contributed by atoms with E-state index in [2.05, 4.69) is 5.16 Å². The van der Waals surface area contributed by atoms with Gasteiger partial charge < -0.3 is 9.94 Å². The first kappa shape index (κ1) is 10.7. The lowest BCUT2D eigenvalue weighted by atomic mass is 9.96. The maximum absolute atomic E-state index is 11.0. The molecule has 4 nitrogen and oxygen atoms in total. The molecule has 0 bridgehead atoms. The third-order valence-corrected chi connectivity index (χ3v) is 2.70. The molecule has 1 aromatic rings. The summed E-state index contributed by atoms with van der Waals surface area (Å²) in [6, 6.07) is 7.78. The van der Waals surface area contributed by atoms with Crippen LogP contribution in [0.2, 0.25) is 0 Å². The molecule has 0 spiro atoms. The summed E-state index contributed by atoms with van der Waals surface area (Å²) in [5, 5.41) is 12.8. The normalized spacial score (nSPS) is 23.8. The zero-order valence-corrected chi connectivity index (χ0v) is 9.23. The van der Waals surface area contributed by atoms with Crippen molar-refractivity contribution in [3.8, 4) is 0 Å². The van der Waals surface area contributed by atoms with E-state index in [0.717, 1.165) is 11.1 Å². The number of carboxylic acids is 1. The van der Waals surface area contributed by atoms with Gasteiger partial charge in [0, 0.05) is 6.42 Å². The number of nitrogens with zero attached hydrogens (tertiary/aromatic N) is 1. The molecule has 0 aliphatic carbocycles. The monoisotopic (exact) mass is 219 g/mol. The van der Waals surface area contributed by atoms with E-state index in [4.69, 9.17) is 9.94 Å². The summed E-state index contributed by atoms with van der Waals surface area (Å²) in [5.74, 6) is -0.988. The molecule has 0 saturated carbocycles. The molecule has 1 atom stereocenters. The van der Waals surface area contributed by atoms with E-state index in [1.165, 1.54) is 6.92 Å². The fourth-order valence-corrected chi connectivity index (χ4v) is 1.56. The Labute approximate surface area is 93.5 Å². The molecule has 0 radical (unpaired) electrons. The molecule has 84 valence electrons. The van der Waals surface area contributed by atoms with Gasteiger partial charge in [-0.05, 0) is 19.4 Å². The first-order chi connectivity index (χ1) is 7.51. The van der Waals surface area contributed by atoms with Crippen LogP contribution in [0.4, 0.5) is 0 Å². The Bertz CT molecular complexity index is 450. The average molecular weight is 219 g/mol. The van der Waals surface area contributed by atoms with Gasteiger partial charge in [0.1, 0.15) is 0 Å². The third-order valence-electron chi connectivity index (χ3n) is 2.70. The highest BCUT2D eigenvalue weighted by molar-refractivity contribution is 6.04. The lowest BCUT2D eigenvalue weighted by Crippen LogP contribution is -2.35. The van der Waals surface area contributed by atoms with Crippen LogP contribution in [-0.4, -0.2) is 22.4 Å². The SMILES string of the molecule is Cc1ccc(C2=NOC(C)(C(=O)O)C2)cc1. The number of carboxylic acid groups (broad SMARTS) is 1. The Kier molecular flexibility index (Phi) is 2.42. The van der Waals surface area contributed by atoms with Crippen molar-refractivity contribution in [2.24, 2.45) is 5.16 Å². The topological polar surface area (TPSA) is 58.9 Å². The van der Waals surface area contributed by atoms with Crippen LogP contribution in [0.15, 0.2) is 29.4 Å². The minimum Gasteiger partial charge on any atom is -0.478 e. The second kappa shape index (κ2) is 3.63. The Hall–Kier alpha value is -1.84. The van der Waals surface area contributed by atoms with Crippen molar-refractivity contribution < 1.29 is 14.7 Å². The molecule has 1 N–H and O–H groups in total. The van der Waals surface area contributed by atoms with Crippen molar-refractivity contribution >= 4 is 11.7 Å². The van der Waals surface area contributed by atoms with Gasteiger partial charge in [0.05, 0.1) is 5.71 Å². The quantitative estimate of drug-likeness (QED) is 0.827. The molecule has 0 fully saturated rings. The molecule has 0 aromatic heterocycles. The van der Waals surface area contributed by atoms with E-state index in [9.17, 15) is 4.79 Å². The van der Waals surface area contributed by atoms with Gasteiger partial charge in [0.25, 0.3) is 0 Å². The summed E-state index contributed by atoms with van der Waals surface area (Å²) in [6.45, 7) is 3.53. The standard InChI is InChI=1S/C12H13NO3/c1-8-3-5-9(6-4-8)10-7-12(2,11(14)15)16-13-10/h3-6H,7H2,1-2H3,(H,14,15). The van der Waals surface area contributed by atoms with Crippen molar-refractivity contribution in [2.45, 2.75) is 25.9 Å². The van der Waals surface area contributed by atoms with Crippen LogP contribution in [0.5, 0.6) is 0 Å². The second-order valence-electron chi connectivity index (χ2n) is 4.21. The molecule has 1 unspecified atom stereocenters. The predicted octanol–water partition coefficient (Wildman–Crippen LogP) is 1.96. The number of benzene rings is 1. The molecule has 1 aliphatic rings. The van der Waals surface area contributed by atoms with Gasteiger partial charge in [-0.1, -0.05) is 35.0 Å². The predicted molar refractivity (Wildman–Crippen MR) is 59.5 cm³/mol. The highest BCUT2D eigenvalue weighted by atomic mass is 16.7. The van der Waals surface area contributed by atoms with Crippen molar-refractivity contribution in [3.63, 3.8) is 0 Å². The Morgan fingerprint density at radius 1 is 1.44 bits per heavy atom. The maximum Gasteiger partial charge on any atom is 0.351 e. The lowest BCUT2D eigenvalue weighted by Gasteiger charge is -2.14. The highest BCUT2D eigenvalue weighted by Gasteiger charge is 2.42. The summed E-state index contributed by atoms with van der Waals surface area (Å²) < 4.78 is 0. The summed E-state index contributed by atoms with van der Waals surface area (Å²) >= 11 is 0. The first-order valence-corrected chi connectivity index (χ1v) is 5.07. The number of hydrogen-bond acceptors (Lipinski definition) is 3. The minimum absolute atomic E-state index is 0.297. The van der Waals surface area contributed by atoms with Gasteiger partial charge in [-0.2, -0.15) is 0 Å². The van der Waals surface area contributed by atoms with Crippen molar-refractivity contribution in [1.82, 2.24) is 0 Å². The Balaban J connectivity index is 2.20. The number of carbonyl (C=O) groups is 1. The molecule has 16 heavy (non-hydrogen) atoms. The Morgan fingerprint density at radius 2 is 2.06 bits per heavy atom. The van der Waals surface area contributed by atoms with Crippen LogP contribution in [-0.2, 0) is 9.63 Å². The smallest absolute Gasteiger partial charge is 0.351 e. The fourth-order valence-electron chi connectivity index (χ4n) is 1.56. The fraction of sp³-hybridized carbons (Fsp3) is 0.333. The first-order valence-electron chi connectivity index (χ1n) is 5.07. The van der Waals surface area contributed by atoms with Crippen molar-refractivity contribution in [2.75, 3.05) is 0 Å². The third kappa shape index (κ3) is 1.78. The summed E-state index contributed by atoms with van der Waals surface area (Å²) in [7, 11) is 0. The maximum atomic E-state index is 11.0. The number of oxime groups is 1. The van der Waals surface area contributed by atoms with E-state index in [-0.39, 0.29) is 0 Å². The van der Waals surface area contributed by atoms with Gasteiger partial charge in [-0.3, -0.25) is 0 Å². The largest absolute Gasteiger partial charge is 0.478 e. The molecule has 1 aliphatic heterocycles. The highest BCUT2D eigenvalue weighted by Crippen LogP contribution is 2.26. The summed E-state index contributed by atoms with van der Waals surface area (Å²) in [6.07, 6.45) is 0.297. The number of rotatable bonds is 2. The number of aryl methyl sites for hydroxylation is 1. The van der Waals surface area contributed by atoms with Gasteiger partial charge in [-0.15, -0.1) is 0 Å². The van der Waals surface area contributed by atoms with Crippen LogP contribution in [0.1, 0.15) is 24.5 Å². The van der Waals surface area contributed by atoms with E-state index >= 15 is 0 Å². The van der Waals surface area contributed by atoms with E-state index < -0.39 is 11.6 Å². The van der Waals surface area contributed by atoms with Crippen LogP contribution >= 0.6 is 0 Å². The van der Waals surface area contributed by atoms with Gasteiger partial charge in [0.2, 0.25) is 5.60 Å². The molecule has 0 amide bonds. The minimum atomic E-state index is -1.22. The van der Waals surface area contributed by atoms with Crippen molar-refractivity contribution in [1.29, 1.82) is 0 Å². The lowest BCUT2D eigenvalue weighted by molar-refractivity contribution is -0.160. The molecule has 0 saturated heterocycles. The van der Waals surface area contributed by atoms with Crippen LogP contribution in [0.3, 0.4) is 0 Å². The summed E-state index contributed by atoms with van der Waals surface area (Å²) in [4.78, 5) is 15.9. The average Bonchev–Trinajstić information content (AvgIpc) is 2.63. The molecular weight excluding hydrogens is 206 g/mol. The van der Waals surface area contributed by atoms with Crippen LogP contribution in [0.25, 0.3) is 0 Å². The second-order valence-corrected chi connectivity index (χ2v) is 4.21. The molecule has 2 rings (SSSR count). The Morgan fingerprint density at radius 3 is 2.56 bits per heavy atom. The van der Waals surface area contributed by atoms with Gasteiger partial charge >= 0.3 is 5.97 Å². The zero-order chi connectivity index (χ0) is 11.8. The van der Waals surface area contributed by atoms with Gasteiger partial charge in [0.15, 0.2) is 0 Å². The molecule has 1 heterocycles. The molecule has 1 aromatic carbocycles. The number of aliphatic carboxylic acids is 1. The van der Waals surface area contributed by atoms with Crippen molar-refractivity contribution in [3.05, 3.63) is 35.4 Å². The van der Waals surface area contributed by atoms with E-state index in [1.54, 1.807) is 0 Å². The summed E-state index contributed by atoms with van der Waals surface area (Å²) in [5.41, 5.74) is 1.53. The number of hydrogen-bond donors (Lipinski definition) is 1. The van der Waals surface area contributed by atoms with Gasteiger partial charge in [-0.25, -0.2) is 4.79 Å². The van der Waals surface area contributed by atoms with E-state index in [1.807, 2.05) is 31.2 Å².